The minimum Gasteiger partial charge on any atom is -0.495 e. The highest BCUT2D eigenvalue weighted by molar-refractivity contribution is 7.91. The van der Waals surface area contributed by atoms with E-state index >= 15 is 0 Å². The quantitative estimate of drug-likeness (QED) is 0.794. The zero-order chi connectivity index (χ0) is 18.8. The number of benzene rings is 2. The molecule has 0 aliphatic rings. The smallest absolute Gasteiger partial charge is 0.335 e. The molecular weight excluding hydrogens is 352 g/mol. The lowest BCUT2D eigenvalue weighted by Crippen LogP contribution is -2.10. The van der Waals surface area contributed by atoms with Crippen molar-refractivity contribution in [1.82, 2.24) is 0 Å². The lowest BCUT2D eigenvalue weighted by atomic mass is 10.2. The Morgan fingerprint density at radius 3 is 1.44 bits per heavy atom. The first-order chi connectivity index (χ1) is 11.7. The Kier molecular flexibility index (Phi) is 4.98. The lowest BCUT2D eigenvalue weighted by Gasteiger charge is -2.13. The summed E-state index contributed by atoms with van der Waals surface area (Å²) in [5.74, 6) is -2.78. The topological polar surface area (TPSA) is 127 Å². The molecular formula is C16H14O8S. The second-order valence-electron chi connectivity index (χ2n) is 4.85. The van der Waals surface area contributed by atoms with Gasteiger partial charge in [-0.25, -0.2) is 18.0 Å². The molecule has 8 nitrogen and oxygen atoms in total. The second-order valence-corrected chi connectivity index (χ2v) is 6.73. The SMILES string of the molecule is COc1ccc(C(=O)O)cc1S(=O)(=O)c1cc(C(=O)O)ccc1OC. The predicted octanol–water partition coefficient (Wildman–Crippen LogP) is 1.93. The third-order valence-corrected chi connectivity index (χ3v) is 5.20. The number of hydrogen-bond acceptors (Lipinski definition) is 6. The van der Waals surface area contributed by atoms with E-state index in [-0.39, 0.29) is 22.6 Å². The normalized spacial score (nSPS) is 11.0. The van der Waals surface area contributed by atoms with Gasteiger partial charge in [0.2, 0.25) is 9.84 Å². The van der Waals surface area contributed by atoms with Crippen molar-refractivity contribution >= 4 is 21.8 Å². The Balaban J connectivity index is 2.79. The predicted molar refractivity (Wildman–Crippen MR) is 85.4 cm³/mol. The molecule has 9 heteroatoms. The summed E-state index contributed by atoms with van der Waals surface area (Å²) in [5, 5.41) is 18.2. The molecule has 0 saturated heterocycles. The van der Waals surface area contributed by atoms with Gasteiger partial charge < -0.3 is 19.7 Å². The lowest BCUT2D eigenvalue weighted by molar-refractivity contribution is 0.0685. The first-order valence-electron chi connectivity index (χ1n) is 6.80. The fraction of sp³-hybridized carbons (Fsp3) is 0.125. The van der Waals surface area contributed by atoms with E-state index in [9.17, 15) is 18.0 Å². The third-order valence-electron chi connectivity index (χ3n) is 3.40. The number of hydrogen-bond donors (Lipinski definition) is 2. The van der Waals surface area contributed by atoms with Gasteiger partial charge in [-0.3, -0.25) is 0 Å². The average Bonchev–Trinajstić information content (AvgIpc) is 2.60. The molecule has 0 aliphatic heterocycles. The van der Waals surface area contributed by atoms with Crippen molar-refractivity contribution in [2.45, 2.75) is 9.79 Å². The number of methoxy groups -OCH3 is 2. The molecule has 0 bridgehead atoms. The highest BCUT2D eigenvalue weighted by Gasteiger charge is 2.28. The summed E-state index contributed by atoms with van der Waals surface area (Å²) < 4.78 is 36.0. The number of aromatic carboxylic acids is 2. The van der Waals surface area contributed by atoms with E-state index in [0.29, 0.717) is 0 Å². The summed E-state index contributed by atoms with van der Waals surface area (Å²) in [6, 6.07) is 6.72. The van der Waals surface area contributed by atoms with Crippen molar-refractivity contribution < 1.29 is 37.7 Å². The van der Waals surface area contributed by atoms with Crippen LogP contribution in [0.4, 0.5) is 0 Å². The van der Waals surface area contributed by atoms with Crippen molar-refractivity contribution in [1.29, 1.82) is 0 Å². The Labute approximate surface area is 143 Å². The maximum absolute atomic E-state index is 13.0. The molecule has 0 saturated carbocycles. The van der Waals surface area contributed by atoms with Gasteiger partial charge >= 0.3 is 11.9 Å². The molecule has 0 aromatic heterocycles. The standard InChI is InChI=1S/C16H14O8S/c1-23-11-5-3-9(15(17)18)7-13(11)25(21,22)14-8-10(16(19)20)4-6-12(14)24-2/h3-8H,1-2H3,(H,17,18)(H,19,20). The maximum Gasteiger partial charge on any atom is 0.335 e. The van der Waals surface area contributed by atoms with Crippen LogP contribution in [0.5, 0.6) is 11.5 Å². The summed E-state index contributed by atoms with van der Waals surface area (Å²) in [6.45, 7) is 0. The Morgan fingerprint density at radius 1 is 0.800 bits per heavy atom. The van der Waals surface area contributed by atoms with Crippen molar-refractivity contribution in [2.24, 2.45) is 0 Å². The number of rotatable bonds is 6. The van der Waals surface area contributed by atoms with E-state index in [1.54, 1.807) is 0 Å². The van der Waals surface area contributed by atoms with Crippen molar-refractivity contribution in [3.05, 3.63) is 47.5 Å². The first-order valence-corrected chi connectivity index (χ1v) is 8.28. The summed E-state index contributed by atoms with van der Waals surface area (Å²) in [4.78, 5) is 21.5. The molecule has 0 radical (unpaired) electrons. The average molecular weight is 366 g/mol. The van der Waals surface area contributed by atoms with Crippen LogP contribution in [0.2, 0.25) is 0 Å². The minimum absolute atomic E-state index is 0.0761. The molecule has 0 atom stereocenters. The molecule has 2 N–H and O–H groups in total. The monoisotopic (exact) mass is 366 g/mol. The molecule has 2 aromatic carbocycles. The van der Waals surface area contributed by atoms with Crippen molar-refractivity contribution in [3.8, 4) is 11.5 Å². The van der Waals surface area contributed by atoms with Crippen molar-refractivity contribution in [3.63, 3.8) is 0 Å². The van der Waals surface area contributed by atoms with Gasteiger partial charge in [-0.15, -0.1) is 0 Å². The van der Waals surface area contributed by atoms with Gasteiger partial charge in [0.25, 0.3) is 0 Å². The molecule has 0 spiro atoms. The molecule has 0 aliphatic carbocycles. The van der Waals surface area contributed by atoms with Crippen LogP contribution >= 0.6 is 0 Å². The van der Waals surface area contributed by atoms with E-state index in [1.807, 2.05) is 0 Å². The molecule has 0 unspecified atom stereocenters. The summed E-state index contributed by atoms with van der Waals surface area (Å²) >= 11 is 0. The van der Waals surface area contributed by atoms with Crippen molar-refractivity contribution in [2.75, 3.05) is 14.2 Å². The number of carboxylic acid groups (broad SMARTS) is 2. The van der Waals surface area contributed by atoms with Gasteiger partial charge in [-0.05, 0) is 36.4 Å². The van der Waals surface area contributed by atoms with Gasteiger partial charge in [0.05, 0.1) is 25.3 Å². The second kappa shape index (κ2) is 6.81. The molecule has 0 fully saturated rings. The van der Waals surface area contributed by atoms with Crippen LogP contribution in [0.1, 0.15) is 20.7 Å². The van der Waals surface area contributed by atoms with E-state index in [4.69, 9.17) is 19.7 Å². The molecule has 2 aromatic rings. The summed E-state index contributed by atoms with van der Waals surface area (Å²) in [7, 11) is -1.84. The molecule has 2 rings (SSSR count). The largest absolute Gasteiger partial charge is 0.495 e. The van der Waals surface area contributed by atoms with E-state index in [2.05, 4.69) is 0 Å². The van der Waals surface area contributed by atoms with Crippen LogP contribution in [0.25, 0.3) is 0 Å². The van der Waals surface area contributed by atoms with Crippen LogP contribution in [0, 0.1) is 0 Å². The van der Waals surface area contributed by atoms with Gasteiger partial charge in [0.1, 0.15) is 21.3 Å². The fourth-order valence-electron chi connectivity index (χ4n) is 2.16. The Bertz CT molecular complexity index is 875. The molecule has 0 heterocycles. The molecule has 132 valence electrons. The van der Waals surface area contributed by atoms with E-state index < -0.39 is 31.6 Å². The van der Waals surface area contributed by atoms with Crippen LogP contribution in [0.15, 0.2) is 46.2 Å². The van der Waals surface area contributed by atoms with Gasteiger partial charge in [0, 0.05) is 0 Å². The number of sulfone groups is 1. The van der Waals surface area contributed by atoms with E-state index in [0.717, 1.165) is 12.1 Å². The van der Waals surface area contributed by atoms with Gasteiger partial charge in [-0.2, -0.15) is 0 Å². The van der Waals surface area contributed by atoms with Crippen LogP contribution in [-0.2, 0) is 9.84 Å². The third kappa shape index (κ3) is 3.41. The highest BCUT2D eigenvalue weighted by atomic mass is 32.2. The Hall–Kier alpha value is -3.07. The first kappa shape index (κ1) is 18.3. The van der Waals surface area contributed by atoms with Crippen LogP contribution < -0.4 is 9.47 Å². The fourth-order valence-corrected chi connectivity index (χ4v) is 3.79. The van der Waals surface area contributed by atoms with Gasteiger partial charge in [-0.1, -0.05) is 0 Å². The maximum atomic E-state index is 13.0. The summed E-state index contributed by atoms with van der Waals surface area (Å²) in [5.41, 5.74) is -0.513. The molecule has 25 heavy (non-hydrogen) atoms. The minimum atomic E-state index is -4.31. The summed E-state index contributed by atoms with van der Waals surface area (Å²) in [6.07, 6.45) is 0. The van der Waals surface area contributed by atoms with Crippen LogP contribution in [-0.4, -0.2) is 44.8 Å². The zero-order valence-electron chi connectivity index (χ0n) is 13.2. The number of ether oxygens (including phenoxy) is 2. The number of carbonyl (C=O) groups is 2. The zero-order valence-corrected chi connectivity index (χ0v) is 14.0. The highest BCUT2D eigenvalue weighted by Crippen LogP contribution is 2.35. The van der Waals surface area contributed by atoms with E-state index in [1.165, 1.54) is 38.5 Å². The van der Waals surface area contributed by atoms with Crippen LogP contribution in [0.3, 0.4) is 0 Å². The van der Waals surface area contributed by atoms with Gasteiger partial charge in [0.15, 0.2) is 0 Å². The number of carboxylic acids is 2. The Morgan fingerprint density at radius 2 is 1.16 bits per heavy atom. The molecule has 0 amide bonds.